The molecule has 0 saturated heterocycles. The van der Waals surface area contributed by atoms with E-state index in [-0.39, 0.29) is 0 Å². The van der Waals surface area contributed by atoms with E-state index in [0.717, 1.165) is 10.0 Å². The maximum atomic E-state index is 11.3. The third-order valence-electron chi connectivity index (χ3n) is 2.85. The second-order valence-electron chi connectivity index (χ2n) is 4.42. The highest BCUT2D eigenvalue weighted by Crippen LogP contribution is 2.16. The molecule has 0 aliphatic heterocycles. The van der Waals surface area contributed by atoms with Crippen LogP contribution >= 0.6 is 15.9 Å². The number of carbonyl (C=O) groups is 1. The Morgan fingerprint density at radius 2 is 1.82 bits per heavy atom. The fourth-order valence-electron chi connectivity index (χ4n) is 1.70. The van der Waals surface area contributed by atoms with Gasteiger partial charge in [0.05, 0.1) is 7.11 Å². The standard InChI is InChI=1S/C17H14BrNO3/c1-22-15-9-7-14(8-10-15)19-16(17(20)21)11-4-12-2-5-13(18)6-3-12/h2-3,5-10,16,19H,1H3,(H,20,21). The molecular formula is C17H14BrNO3. The quantitative estimate of drug-likeness (QED) is 0.821. The number of ether oxygens (including phenoxy) is 1. The molecule has 0 saturated carbocycles. The number of aliphatic carboxylic acids is 1. The second-order valence-corrected chi connectivity index (χ2v) is 5.34. The summed E-state index contributed by atoms with van der Waals surface area (Å²) < 4.78 is 6.01. The minimum Gasteiger partial charge on any atom is -0.497 e. The minimum absolute atomic E-state index is 0.665. The van der Waals surface area contributed by atoms with Crippen LogP contribution in [0.2, 0.25) is 0 Å². The van der Waals surface area contributed by atoms with Gasteiger partial charge in [0.2, 0.25) is 0 Å². The Hall–Kier alpha value is -2.45. The molecule has 0 radical (unpaired) electrons. The Labute approximate surface area is 137 Å². The zero-order chi connectivity index (χ0) is 15.9. The summed E-state index contributed by atoms with van der Waals surface area (Å²) in [6.07, 6.45) is 0. The maximum Gasteiger partial charge on any atom is 0.338 e. The van der Waals surface area contributed by atoms with Crippen molar-refractivity contribution in [3.05, 3.63) is 58.6 Å². The lowest BCUT2D eigenvalue weighted by molar-refractivity contribution is -0.136. The largest absolute Gasteiger partial charge is 0.497 e. The van der Waals surface area contributed by atoms with E-state index in [4.69, 9.17) is 4.74 Å². The molecule has 1 atom stereocenters. The summed E-state index contributed by atoms with van der Waals surface area (Å²) in [5.74, 6) is 5.26. The number of carboxylic acids is 1. The van der Waals surface area contributed by atoms with E-state index < -0.39 is 12.0 Å². The number of halogens is 1. The van der Waals surface area contributed by atoms with Crippen molar-refractivity contribution in [1.82, 2.24) is 0 Å². The first-order valence-corrected chi connectivity index (χ1v) is 7.28. The summed E-state index contributed by atoms with van der Waals surface area (Å²) in [6, 6.07) is 13.4. The lowest BCUT2D eigenvalue weighted by Gasteiger charge is -2.10. The Bertz CT molecular complexity index is 699. The van der Waals surface area contributed by atoms with Crippen molar-refractivity contribution < 1.29 is 14.6 Å². The number of methoxy groups -OCH3 is 1. The van der Waals surface area contributed by atoms with Crippen LogP contribution < -0.4 is 10.1 Å². The molecule has 5 heteroatoms. The molecule has 0 aliphatic rings. The summed E-state index contributed by atoms with van der Waals surface area (Å²) in [7, 11) is 1.58. The van der Waals surface area contributed by atoms with Gasteiger partial charge in [-0.3, -0.25) is 0 Å². The molecule has 112 valence electrons. The van der Waals surface area contributed by atoms with Crippen LogP contribution in [-0.4, -0.2) is 24.2 Å². The normalized spacial score (nSPS) is 11.0. The molecule has 0 aromatic heterocycles. The van der Waals surface area contributed by atoms with Crippen molar-refractivity contribution in [2.75, 3.05) is 12.4 Å². The topological polar surface area (TPSA) is 58.6 Å². The van der Waals surface area contributed by atoms with Crippen LogP contribution in [0.3, 0.4) is 0 Å². The second kappa shape index (κ2) is 7.53. The monoisotopic (exact) mass is 359 g/mol. The Kier molecular flexibility index (Phi) is 5.45. The van der Waals surface area contributed by atoms with Crippen LogP contribution in [0.4, 0.5) is 5.69 Å². The van der Waals surface area contributed by atoms with Gasteiger partial charge in [-0.15, -0.1) is 0 Å². The van der Waals surface area contributed by atoms with E-state index in [1.807, 2.05) is 24.3 Å². The van der Waals surface area contributed by atoms with Crippen LogP contribution in [0.1, 0.15) is 5.56 Å². The molecule has 2 N–H and O–H groups in total. The molecule has 0 aliphatic carbocycles. The SMILES string of the molecule is COc1ccc(NC(C#Cc2ccc(Br)cc2)C(=O)O)cc1. The fourth-order valence-corrected chi connectivity index (χ4v) is 1.97. The Morgan fingerprint density at radius 3 is 2.36 bits per heavy atom. The van der Waals surface area contributed by atoms with Crippen LogP contribution in [-0.2, 0) is 4.79 Å². The number of carboxylic acid groups (broad SMARTS) is 1. The molecule has 22 heavy (non-hydrogen) atoms. The molecular weight excluding hydrogens is 346 g/mol. The van der Waals surface area contributed by atoms with E-state index in [1.54, 1.807) is 31.4 Å². The van der Waals surface area contributed by atoms with Gasteiger partial charge in [-0.2, -0.15) is 0 Å². The number of anilines is 1. The molecule has 0 bridgehead atoms. The van der Waals surface area contributed by atoms with Gasteiger partial charge in [-0.05, 0) is 48.5 Å². The van der Waals surface area contributed by atoms with Crippen LogP contribution in [0.5, 0.6) is 5.75 Å². The number of benzene rings is 2. The van der Waals surface area contributed by atoms with E-state index >= 15 is 0 Å². The van der Waals surface area contributed by atoms with Crippen molar-refractivity contribution >= 4 is 27.6 Å². The average molecular weight is 360 g/mol. The summed E-state index contributed by atoms with van der Waals surface area (Å²) in [5.41, 5.74) is 1.42. The summed E-state index contributed by atoms with van der Waals surface area (Å²) in [5, 5.41) is 12.1. The van der Waals surface area contributed by atoms with Crippen LogP contribution in [0.15, 0.2) is 53.0 Å². The number of hydrogen-bond acceptors (Lipinski definition) is 3. The van der Waals surface area contributed by atoms with Crippen molar-refractivity contribution in [3.63, 3.8) is 0 Å². The number of hydrogen-bond donors (Lipinski definition) is 2. The van der Waals surface area contributed by atoms with Crippen molar-refractivity contribution in [3.8, 4) is 17.6 Å². The highest BCUT2D eigenvalue weighted by Gasteiger charge is 2.13. The zero-order valence-corrected chi connectivity index (χ0v) is 13.4. The first kappa shape index (κ1) is 15.9. The minimum atomic E-state index is -1.03. The molecule has 2 aromatic carbocycles. The third kappa shape index (κ3) is 4.54. The fraction of sp³-hybridized carbons (Fsp3) is 0.118. The zero-order valence-electron chi connectivity index (χ0n) is 11.8. The summed E-state index contributed by atoms with van der Waals surface area (Å²) in [6.45, 7) is 0. The number of nitrogens with one attached hydrogen (secondary N) is 1. The molecule has 0 fully saturated rings. The van der Waals surface area contributed by atoms with E-state index in [9.17, 15) is 9.90 Å². The first-order chi connectivity index (χ1) is 10.6. The predicted octanol–water partition coefficient (Wildman–Crippen LogP) is 3.37. The molecule has 0 spiro atoms. The van der Waals surface area contributed by atoms with Gasteiger partial charge in [0, 0.05) is 15.7 Å². The smallest absolute Gasteiger partial charge is 0.338 e. The summed E-state index contributed by atoms with van der Waals surface area (Å²) in [4.78, 5) is 11.3. The van der Waals surface area contributed by atoms with Gasteiger partial charge >= 0.3 is 5.97 Å². The van der Waals surface area contributed by atoms with Gasteiger partial charge in [0.1, 0.15) is 5.75 Å². The van der Waals surface area contributed by atoms with E-state index in [2.05, 4.69) is 33.1 Å². The predicted molar refractivity (Wildman–Crippen MR) is 89.1 cm³/mol. The van der Waals surface area contributed by atoms with Gasteiger partial charge in [0.25, 0.3) is 0 Å². The van der Waals surface area contributed by atoms with Gasteiger partial charge < -0.3 is 15.2 Å². The highest BCUT2D eigenvalue weighted by atomic mass is 79.9. The molecule has 0 amide bonds. The maximum absolute atomic E-state index is 11.3. The third-order valence-corrected chi connectivity index (χ3v) is 3.38. The van der Waals surface area contributed by atoms with Crippen molar-refractivity contribution in [1.29, 1.82) is 0 Å². The first-order valence-electron chi connectivity index (χ1n) is 6.49. The molecule has 4 nitrogen and oxygen atoms in total. The van der Waals surface area contributed by atoms with Crippen LogP contribution in [0.25, 0.3) is 0 Å². The van der Waals surface area contributed by atoms with E-state index in [0.29, 0.717) is 11.4 Å². The molecule has 2 aromatic rings. The lowest BCUT2D eigenvalue weighted by atomic mass is 10.2. The van der Waals surface area contributed by atoms with Gasteiger partial charge in [0.15, 0.2) is 6.04 Å². The Balaban J connectivity index is 2.13. The van der Waals surface area contributed by atoms with Gasteiger partial charge in [-0.1, -0.05) is 27.8 Å². The molecule has 2 rings (SSSR count). The average Bonchev–Trinajstić information content (AvgIpc) is 2.53. The van der Waals surface area contributed by atoms with Crippen molar-refractivity contribution in [2.24, 2.45) is 0 Å². The highest BCUT2D eigenvalue weighted by molar-refractivity contribution is 9.10. The van der Waals surface area contributed by atoms with Gasteiger partial charge in [-0.25, -0.2) is 4.79 Å². The summed E-state index contributed by atoms with van der Waals surface area (Å²) >= 11 is 3.34. The Morgan fingerprint density at radius 1 is 1.18 bits per heavy atom. The number of rotatable bonds is 4. The molecule has 1 unspecified atom stereocenters. The van der Waals surface area contributed by atoms with E-state index in [1.165, 1.54) is 0 Å². The molecule has 0 heterocycles. The van der Waals surface area contributed by atoms with Crippen LogP contribution in [0, 0.1) is 11.8 Å². The lowest BCUT2D eigenvalue weighted by Crippen LogP contribution is -2.27. The van der Waals surface area contributed by atoms with Crippen molar-refractivity contribution in [2.45, 2.75) is 6.04 Å².